The van der Waals surface area contributed by atoms with E-state index in [1.165, 1.54) is 55.5 Å². The van der Waals surface area contributed by atoms with E-state index in [2.05, 4.69) is 0 Å². The van der Waals surface area contributed by atoms with Crippen molar-refractivity contribution in [2.45, 2.75) is 51.7 Å². The average Bonchev–Trinajstić information content (AvgIpc) is 3.25. The number of carbonyl (C=O) groups excluding carboxylic acids is 1. The summed E-state index contributed by atoms with van der Waals surface area (Å²) in [5.41, 5.74) is -1.26. The number of carbonyl (C=O) groups is 5. The van der Waals surface area contributed by atoms with Crippen molar-refractivity contribution < 1.29 is 72.7 Å². The molecule has 0 bridgehead atoms. The molecule has 1 aromatic heterocycles. The first-order valence-corrected chi connectivity index (χ1v) is 20.5. The summed E-state index contributed by atoms with van der Waals surface area (Å²) in [5.74, 6) is -4.68. The van der Waals surface area contributed by atoms with Crippen molar-refractivity contribution in [3.63, 3.8) is 0 Å². The van der Waals surface area contributed by atoms with Gasteiger partial charge >= 0.3 is 29.5 Å². The second kappa shape index (κ2) is 22.3. The molecule has 1 aliphatic carbocycles. The maximum absolute atomic E-state index is 13.3. The number of nitro groups is 1. The van der Waals surface area contributed by atoms with Crippen LogP contribution in [0.3, 0.4) is 0 Å². The van der Waals surface area contributed by atoms with Gasteiger partial charge in [-0.2, -0.15) is 0 Å². The predicted molar refractivity (Wildman–Crippen MR) is 232 cm³/mol. The van der Waals surface area contributed by atoms with Gasteiger partial charge in [-0.25, -0.2) is 4.79 Å². The second-order valence-electron chi connectivity index (χ2n) is 15.3. The molecule has 1 fully saturated rings. The van der Waals surface area contributed by atoms with Crippen LogP contribution in [0.15, 0.2) is 63.8 Å². The fourth-order valence-electron chi connectivity index (χ4n) is 7.74. The van der Waals surface area contributed by atoms with Gasteiger partial charge in [-0.15, -0.1) is 0 Å². The van der Waals surface area contributed by atoms with Crippen LogP contribution in [0.2, 0.25) is 0 Å². The molecule has 0 amide bonds. The van der Waals surface area contributed by atoms with Gasteiger partial charge in [0.1, 0.15) is 73.6 Å². The van der Waals surface area contributed by atoms with Gasteiger partial charge in [0, 0.05) is 37.0 Å². The molecule has 0 spiro atoms. The Morgan fingerprint density at radius 2 is 1.38 bits per heavy atom. The van der Waals surface area contributed by atoms with Crippen LogP contribution >= 0.6 is 0 Å². The third-order valence-corrected chi connectivity index (χ3v) is 10.9. The lowest BCUT2D eigenvalue weighted by molar-refractivity contribution is -0.385. The van der Waals surface area contributed by atoms with Crippen LogP contribution in [-0.4, -0.2) is 126 Å². The summed E-state index contributed by atoms with van der Waals surface area (Å²) >= 11 is 0. The van der Waals surface area contributed by atoms with Gasteiger partial charge in [0.15, 0.2) is 5.78 Å². The number of ether oxygens (including phenoxy) is 4. The lowest BCUT2D eigenvalue weighted by atomic mass is 9.82. The molecule has 1 saturated carbocycles. The quantitative estimate of drug-likeness (QED) is 0.0229. The Morgan fingerprint density at radius 1 is 0.769 bits per heavy atom. The topological polar surface area (TPSA) is 286 Å². The zero-order chi connectivity index (χ0) is 47.4. The summed E-state index contributed by atoms with van der Waals surface area (Å²) in [7, 11) is 2.97. The fraction of sp³-hybridized carbons (Fsp3) is 0.409. The maximum Gasteiger partial charge on any atom is 0.347 e. The SMILES string of the molecule is CCN(CC(=O)O)C1CCC(CC(=O)c2cc3ccc(OCc4cc(N(CC(=O)O)CC(=O)O)c(OCCOc5cc(OC)ccc5N(C)CC(=O)O)cc4[N+](=O)[O-])cc3oc2=O)CC1. The van der Waals surface area contributed by atoms with Crippen LogP contribution in [0.5, 0.6) is 23.0 Å². The minimum absolute atomic E-state index is 0.0200. The first-order chi connectivity index (χ1) is 31.0. The number of ketones is 1. The largest absolute Gasteiger partial charge is 0.497 e. The summed E-state index contributed by atoms with van der Waals surface area (Å²) < 4.78 is 28.4. The van der Waals surface area contributed by atoms with Gasteiger partial charge < -0.3 is 53.6 Å². The van der Waals surface area contributed by atoms with E-state index in [4.69, 9.17) is 23.4 Å². The van der Waals surface area contributed by atoms with Crippen molar-refractivity contribution in [3.05, 3.63) is 86.3 Å². The molecule has 0 saturated heterocycles. The number of hydrogen-bond donors (Lipinski definition) is 4. The van der Waals surface area contributed by atoms with E-state index in [9.17, 15) is 59.3 Å². The van der Waals surface area contributed by atoms with Gasteiger partial charge in [-0.1, -0.05) is 6.92 Å². The van der Waals surface area contributed by atoms with Gasteiger partial charge in [0.25, 0.3) is 5.69 Å². The van der Waals surface area contributed by atoms with Gasteiger partial charge in [-0.3, -0.25) is 39.0 Å². The summed E-state index contributed by atoms with van der Waals surface area (Å²) in [6, 6.07) is 12.8. The molecule has 3 aromatic carbocycles. The number of likely N-dealkylation sites (N-methyl/N-ethyl adjacent to an activating group) is 2. The number of fused-ring (bicyclic) bond motifs is 1. The molecule has 21 heteroatoms. The van der Waals surface area contributed by atoms with Crippen LogP contribution in [-0.2, 0) is 25.8 Å². The highest BCUT2D eigenvalue weighted by Crippen LogP contribution is 2.38. The Bertz CT molecular complexity index is 2450. The molecule has 0 atom stereocenters. The molecule has 0 radical (unpaired) electrons. The molecule has 1 heterocycles. The van der Waals surface area contributed by atoms with E-state index in [1.54, 1.807) is 12.1 Å². The van der Waals surface area contributed by atoms with E-state index in [0.717, 1.165) is 23.8 Å². The molecule has 1 aliphatic rings. The number of nitro benzene ring substituents is 1. The minimum atomic E-state index is -1.41. The molecular weight excluding hydrogens is 856 g/mol. The van der Waals surface area contributed by atoms with Crippen molar-refractivity contribution in [2.24, 2.45) is 5.92 Å². The molecule has 5 rings (SSSR count). The average molecular weight is 907 g/mol. The summed E-state index contributed by atoms with van der Waals surface area (Å²) in [4.78, 5) is 88.7. The van der Waals surface area contributed by atoms with Crippen LogP contribution in [0.4, 0.5) is 17.1 Å². The molecule has 21 nitrogen and oxygen atoms in total. The van der Waals surface area contributed by atoms with Crippen molar-refractivity contribution in [1.82, 2.24) is 4.90 Å². The number of anilines is 2. The highest BCUT2D eigenvalue weighted by Gasteiger charge is 2.29. The van der Waals surface area contributed by atoms with E-state index in [1.807, 2.05) is 11.8 Å². The number of carboxylic acid groups (broad SMARTS) is 4. The Balaban J connectivity index is 1.33. The number of hydrogen-bond acceptors (Lipinski definition) is 16. The summed E-state index contributed by atoms with van der Waals surface area (Å²) in [5, 5.41) is 50.6. The zero-order valence-electron chi connectivity index (χ0n) is 35.9. The molecule has 4 aromatic rings. The Labute approximate surface area is 371 Å². The van der Waals surface area contributed by atoms with E-state index in [0.29, 0.717) is 36.2 Å². The van der Waals surface area contributed by atoms with Crippen molar-refractivity contribution in [3.8, 4) is 23.0 Å². The highest BCUT2D eigenvalue weighted by atomic mass is 16.6. The van der Waals surface area contributed by atoms with E-state index >= 15 is 0 Å². The number of Topliss-reactive ketones (excluding diaryl/α,β-unsaturated/α-hetero) is 1. The first-order valence-electron chi connectivity index (χ1n) is 20.5. The van der Waals surface area contributed by atoms with Crippen molar-refractivity contribution >= 4 is 57.7 Å². The van der Waals surface area contributed by atoms with Crippen molar-refractivity contribution in [1.29, 1.82) is 0 Å². The molecule has 0 aliphatic heterocycles. The zero-order valence-corrected chi connectivity index (χ0v) is 35.9. The smallest absolute Gasteiger partial charge is 0.347 e. The Kier molecular flexibility index (Phi) is 16.7. The number of methoxy groups -OCH3 is 1. The molecule has 0 unspecified atom stereocenters. The highest BCUT2D eigenvalue weighted by molar-refractivity contribution is 5.98. The third kappa shape index (κ3) is 13.3. The minimum Gasteiger partial charge on any atom is -0.497 e. The number of rotatable bonds is 25. The van der Waals surface area contributed by atoms with Crippen LogP contribution < -0.4 is 34.4 Å². The lowest BCUT2D eigenvalue weighted by Gasteiger charge is -2.35. The lowest BCUT2D eigenvalue weighted by Crippen LogP contribution is -2.41. The van der Waals surface area contributed by atoms with Crippen LogP contribution in [0.25, 0.3) is 11.0 Å². The number of carboxylic acids is 4. The molecule has 65 heavy (non-hydrogen) atoms. The Morgan fingerprint density at radius 3 is 1.97 bits per heavy atom. The molecule has 4 N–H and O–H groups in total. The summed E-state index contributed by atoms with van der Waals surface area (Å²) in [6.07, 6.45) is 3.01. The third-order valence-electron chi connectivity index (χ3n) is 10.9. The Hall–Kier alpha value is -7.42. The van der Waals surface area contributed by atoms with Gasteiger partial charge in [0.2, 0.25) is 0 Å². The van der Waals surface area contributed by atoms with Gasteiger partial charge in [-0.05, 0) is 74.5 Å². The number of nitrogens with zero attached hydrogens (tertiary/aromatic N) is 4. The van der Waals surface area contributed by atoms with E-state index < -0.39 is 59.8 Å². The first kappa shape index (κ1) is 48.6. The summed E-state index contributed by atoms with van der Waals surface area (Å²) in [6.45, 7) is -0.555. The van der Waals surface area contributed by atoms with Gasteiger partial charge in [0.05, 0.1) is 41.6 Å². The number of benzene rings is 3. The van der Waals surface area contributed by atoms with Crippen LogP contribution in [0.1, 0.15) is 54.9 Å². The number of aliphatic carboxylic acids is 4. The van der Waals surface area contributed by atoms with E-state index in [-0.39, 0.29) is 90.1 Å². The molecule has 348 valence electrons. The fourth-order valence-corrected chi connectivity index (χ4v) is 7.74. The predicted octanol–water partition coefficient (Wildman–Crippen LogP) is 4.78. The normalized spacial score (nSPS) is 14.6. The monoisotopic (exact) mass is 906 g/mol. The second-order valence-corrected chi connectivity index (χ2v) is 15.3. The van der Waals surface area contributed by atoms with Crippen molar-refractivity contribution in [2.75, 3.05) is 69.9 Å². The molecular formula is C44H50N4O17. The van der Waals surface area contributed by atoms with Crippen LogP contribution in [0, 0.1) is 16.0 Å². The standard InChI is InChI=1S/C44H50N4O17/c1-4-46(22-41(52)53)29-8-5-26(6-9-29)15-36(49)32-16-27-7-10-31(19-37(27)65-44(32)58)64-25-28-17-35(47(23-42(54)55)24-43(56)57)39(20-34(28)48(59)60)63-14-13-62-38-18-30(61-3)11-12-33(38)45(2)21-40(50)51/h7,10-12,16-20,26,29H,4-6,8-9,13-15,21-25H2,1-3H3,(H,50,51)(H,52,53)(H,54,55)(H,56,57). The maximum atomic E-state index is 13.3.